The number of benzene rings is 1. The maximum absolute atomic E-state index is 8.76. The van der Waals surface area contributed by atoms with E-state index in [0.29, 0.717) is 23.0 Å². The van der Waals surface area contributed by atoms with Crippen molar-refractivity contribution < 1.29 is 4.52 Å². The topological polar surface area (TPSA) is 75.6 Å². The summed E-state index contributed by atoms with van der Waals surface area (Å²) >= 11 is 3.42. The molecule has 0 aliphatic carbocycles. The van der Waals surface area contributed by atoms with Crippen LogP contribution < -0.4 is 0 Å². The van der Waals surface area contributed by atoms with E-state index < -0.39 is 0 Å². The van der Waals surface area contributed by atoms with Gasteiger partial charge < -0.3 is 4.52 Å². The van der Waals surface area contributed by atoms with Crippen LogP contribution >= 0.6 is 15.9 Å². The molecule has 0 spiro atoms. The molecule has 102 valence electrons. The first-order chi connectivity index (χ1) is 10.2. The summed E-state index contributed by atoms with van der Waals surface area (Å²) in [5.74, 6) is 0.845. The molecule has 0 radical (unpaired) electrons. The van der Waals surface area contributed by atoms with Crippen molar-refractivity contribution in [3.05, 3.63) is 52.1 Å². The molecule has 0 aliphatic rings. The van der Waals surface area contributed by atoms with Crippen molar-refractivity contribution in [1.82, 2.24) is 15.1 Å². The fourth-order valence-electron chi connectivity index (χ4n) is 1.90. The van der Waals surface area contributed by atoms with Crippen molar-refractivity contribution >= 4 is 15.9 Å². The summed E-state index contributed by atoms with van der Waals surface area (Å²) in [5, 5.41) is 12.7. The van der Waals surface area contributed by atoms with Crippen molar-refractivity contribution in [3.63, 3.8) is 0 Å². The van der Waals surface area contributed by atoms with Gasteiger partial charge in [-0.2, -0.15) is 10.2 Å². The van der Waals surface area contributed by atoms with Gasteiger partial charge in [-0.05, 0) is 42.8 Å². The third-order valence-electron chi connectivity index (χ3n) is 2.97. The minimum atomic E-state index is 0.330. The number of nitrogens with zero attached hydrogens (tertiary/aromatic N) is 4. The summed E-state index contributed by atoms with van der Waals surface area (Å²) in [6.07, 6.45) is 1.48. The van der Waals surface area contributed by atoms with Crippen LogP contribution in [0.25, 0.3) is 23.0 Å². The molecule has 2 aromatic heterocycles. The molecule has 21 heavy (non-hydrogen) atoms. The summed E-state index contributed by atoms with van der Waals surface area (Å²) in [7, 11) is 0. The second kappa shape index (κ2) is 5.46. The van der Waals surface area contributed by atoms with Gasteiger partial charge in [-0.1, -0.05) is 21.1 Å². The van der Waals surface area contributed by atoms with Crippen molar-refractivity contribution in [2.24, 2.45) is 0 Å². The van der Waals surface area contributed by atoms with Gasteiger partial charge in [-0.25, -0.2) is 4.98 Å². The molecule has 0 saturated heterocycles. The second-order valence-corrected chi connectivity index (χ2v) is 5.34. The van der Waals surface area contributed by atoms with E-state index in [1.807, 2.05) is 31.2 Å². The van der Waals surface area contributed by atoms with Crippen molar-refractivity contribution in [3.8, 4) is 29.0 Å². The quantitative estimate of drug-likeness (QED) is 0.710. The largest absolute Gasteiger partial charge is 0.332 e. The Kier molecular flexibility index (Phi) is 3.50. The first-order valence-corrected chi connectivity index (χ1v) is 6.93. The average molecular weight is 341 g/mol. The Bertz CT molecular complexity index is 834. The highest BCUT2D eigenvalue weighted by molar-refractivity contribution is 9.10. The molecule has 5 nitrogen and oxygen atoms in total. The number of hydrogen-bond donors (Lipinski definition) is 0. The summed E-state index contributed by atoms with van der Waals surface area (Å²) < 4.78 is 6.25. The van der Waals surface area contributed by atoms with Crippen LogP contribution in [0.1, 0.15) is 11.1 Å². The van der Waals surface area contributed by atoms with E-state index in [0.717, 1.165) is 15.6 Å². The van der Waals surface area contributed by atoms with E-state index >= 15 is 0 Å². The zero-order valence-electron chi connectivity index (χ0n) is 11.0. The van der Waals surface area contributed by atoms with Gasteiger partial charge in [-0.3, -0.25) is 0 Å². The minimum absolute atomic E-state index is 0.330. The molecule has 0 bridgehead atoms. The first kappa shape index (κ1) is 13.5. The zero-order chi connectivity index (χ0) is 14.8. The monoisotopic (exact) mass is 340 g/mol. The van der Waals surface area contributed by atoms with Gasteiger partial charge in [0, 0.05) is 16.2 Å². The van der Waals surface area contributed by atoms with Gasteiger partial charge in [0.15, 0.2) is 0 Å². The number of halogens is 1. The predicted octanol–water partition coefficient (Wildman–Crippen LogP) is 3.74. The van der Waals surface area contributed by atoms with Crippen LogP contribution in [0, 0.1) is 18.3 Å². The van der Waals surface area contributed by atoms with Crippen LogP contribution in [0.3, 0.4) is 0 Å². The molecule has 0 amide bonds. The van der Waals surface area contributed by atoms with Crippen LogP contribution in [0.2, 0.25) is 0 Å². The lowest BCUT2D eigenvalue weighted by atomic mass is 10.1. The molecule has 0 saturated carbocycles. The molecule has 0 aliphatic heterocycles. The molecule has 0 atom stereocenters. The maximum Gasteiger partial charge on any atom is 0.276 e. The normalized spacial score (nSPS) is 10.3. The standard InChI is InChI=1S/C15H9BrN4O/c1-9-6-11(16)3-4-12(9)14-19-15(21-20-14)13-5-2-10(7-17)8-18-13/h2-6,8H,1H3. The number of pyridine rings is 1. The maximum atomic E-state index is 8.76. The van der Waals surface area contributed by atoms with E-state index in [2.05, 4.69) is 31.1 Å². The Balaban J connectivity index is 1.97. The van der Waals surface area contributed by atoms with Gasteiger partial charge in [0.1, 0.15) is 11.8 Å². The molecule has 0 N–H and O–H groups in total. The summed E-state index contributed by atoms with van der Waals surface area (Å²) in [6, 6.07) is 11.2. The third kappa shape index (κ3) is 2.69. The molecule has 3 rings (SSSR count). The molecular weight excluding hydrogens is 332 g/mol. The summed E-state index contributed by atoms with van der Waals surface area (Å²) in [6.45, 7) is 1.98. The SMILES string of the molecule is Cc1cc(Br)ccc1-c1noc(-c2ccc(C#N)cn2)n1. The number of rotatable bonds is 2. The van der Waals surface area contributed by atoms with Crippen LogP contribution in [0.4, 0.5) is 0 Å². The highest BCUT2D eigenvalue weighted by atomic mass is 79.9. The lowest BCUT2D eigenvalue weighted by molar-refractivity contribution is 0.431. The summed E-state index contributed by atoms with van der Waals surface area (Å²) in [5.41, 5.74) is 2.98. The molecular formula is C15H9BrN4O. The second-order valence-electron chi connectivity index (χ2n) is 4.43. The van der Waals surface area contributed by atoms with Gasteiger partial charge >= 0.3 is 0 Å². The van der Waals surface area contributed by atoms with Crippen LogP contribution in [0.15, 0.2) is 45.5 Å². The Morgan fingerprint density at radius 3 is 2.76 bits per heavy atom. The van der Waals surface area contributed by atoms with Crippen LogP contribution in [0.5, 0.6) is 0 Å². The predicted molar refractivity (Wildman–Crippen MR) is 80.1 cm³/mol. The van der Waals surface area contributed by atoms with E-state index in [1.54, 1.807) is 12.1 Å². The fourth-order valence-corrected chi connectivity index (χ4v) is 2.38. The number of aryl methyl sites for hydroxylation is 1. The number of nitriles is 1. The highest BCUT2D eigenvalue weighted by Gasteiger charge is 2.13. The molecule has 0 unspecified atom stereocenters. The van der Waals surface area contributed by atoms with Crippen LogP contribution in [-0.4, -0.2) is 15.1 Å². The van der Waals surface area contributed by atoms with Gasteiger partial charge in [-0.15, -0.1) is 0 Å². The van der Waals surface area contributed by atoms with E-state index in [4.69, 9.17) is 9.78 Å². The van der Waals surface area contributed by atoms with Crippen molar-refractivity contribution in [2.45, 2.75) is 6.92 Å². The van der Waals surface area contributed by atoms with Gasteiger partial charge in [0.2, 0.25) is 5.82 Å². The zero-order valence-corrected chi connectivity index (χ0v) is 12.6. The Morgan fingerprint density at radius 2 is 2.10 bits per heavy atom. The van der Waals surface area contributed by atoms with Gasteiger partial charge in [0.25, 0.3) is 5.89 Å². The van der Waals surface area contributed by atoms with Crippen LogP contribution in [-0.2, 0) is 0 Å². The fraction of sp³-hybridized carbons (Fsp3) is 0.0667. The Hall–Kier alpha value is -2.52. The van der Waals surface area contributed by atoms with E-state index in [-0.39, 0.29) is 0 Å². The average Bonchev–Trinajstić information content (AvgIpc) is 2.97. The highest BCUT2D eigenvalue weighted by Crippen LogP contribution is 2.25. The summed E-state index contributed by atoms with van der Waals surface area (Å²) in [4.78, 5) is 8.50. The molecule has 0 fully saturated rings. The lowest BCUT2D eigenvalue weighted by Gasteiger charge is -2.00. The Morgan fingerprint density at radius 1 is 1.24 bits per heavy atom. The molecule has 2 heterocycles. The third-order valence-corrected chi connectivity index (χ3v) is 3.46. The minimum Gasteiger partial charge on any atom is -0.332 e. The number of hydrogen-bond acceptors (Lipinski definition) is 5. The van der Waals surface area contributed by atoms with E-state index in [1.165, 1.54) is 6.20 Å². The lowest BCUT2D eigenvalue weighted by Crippen LogP contribution is -1.87. The van der Waals surface area contributed by atoms with Crippen molar-refractivity contribution in [1.29, 1.82) is 5.26 Å². The van der Waals surface area contributed by atoms with Crippen molar-refractivity contribution in [2.75, 3.05) is 0 Å². The van der Waals surface area contributed by atoms with E-state index in [9.17, 15) is 0 Å². The number of aromatic nitrogens is 3. The smallest absolute Gasteiger partial charge is 0.276 e. The van der Waals surface area contributed by atoms with Gasteiger partial charge in [0.05, 0.1) is 5.56 Å². The molecule has 6 heteroatoms. The Labute approximate surface area is 129 Å². The molecule has 3 aromatic rings. The first-order valence-electron chi connectivity index (χ1n) is 6.14. The molecule has 1 aromatic carbocycles.